The summed E-state index contributed by atoms with van der Waals surface area (Å²) in [5.41, 5.74) is 5.58. The molecule has 0 radical (unpaired) electrons. The van der Waals surface area contributed by atoms with E-state index in [0.29, 0.717) is 25.3 Å². The molecule has 3 aromatic rings. The highest BCUT2D eigenvalue weighted by Crippen LogP contribution is 2.45. The number of rotatable bonds is 6. The fraction of sp³-hybridized carbons (Fsp3) is 0.333. The van der Waals surface area contributed by atoms with Crippen molar-refractivity contribution in [3.05, 3.63) is 83.6 Å². The first-order chi connectivity index (χ1) is 16.1. The number of amides is 1. The molecule has 1 saturated heterocycles. The highest BCUT2D eigenvalue weighted by Gasteiger charge is 2.35. The Balaban J connectivity index is 1.26. The molecule has 1 aliphatic carbocycles. The summed E-state index contributed by atoms with van der Waals surface area (Å²) in [6, 6.07) is 20.5. The molecule has 0 bridgehead atoms. The van der Waals surface area contributed by atoms with Crippen LogP contribution in [-0.4, -0.2) is 79.0 Å². The van der Waals surface area contributed by atoms with Crippen molar-refractivity contribution in [2.75, 3.05) is 53.4 Å². The van der Waals surface area contributed by atoms with Gasteiger partial charge < -0.3 is 14.5 Å². The van der Waals surface area contributed by atoms with Crippen LogP contribution in [-0.2, 0) is 0 Å². The molecule has 2 aliphatic rings. The van der Waals surface area contributed by atoms with Gasteiger partial charge >= 0.3 is 0 Å². The second-order valence-electron chi connectivity index (χ2n) is 8.94. The van der Waals surface area contributed by atoms with Crippen LogP contribution in [0.1, 0.15) is 27.5 Å². The molecule has 1 aromatic heterocycles. The summed E-state index contributed by atoms with van der Waals surface area (Å²) >= 11 is 0. The summed E-state index contributed by atoms with van der Waals surface area (Å²) in [4.78, 5) is 24.4. The molecule has 1 unspecified atom stereocenters. The van der Waals surface area contributed by atoms with Crippen LogP contribution < -0.4 is 4.74 Å². The van der Waals surface area contributed by atoms with Gasteiger partial charge in [0.05, 0.1) is 11.7 Å². The predicted octanol–water partition coefficient (Wildman–Crippen LogP) is 3.55. The van der Waals surface area contributed by atoms with Gasteiger partial charge in [-0.25, -0.2) is 0 Å². The first-order valence-corrected chi connectivity index (χ1v) is 11.6. The number of pyridine rings is 1. The van der Waals surface area contributed by atoms with E-state index in [4.69, 9.17) is 4.74 Å². The van der Waals surface area contributed by atoms with E-state index in [1.165, 1.54) is 16.7 Å². The lowest BCUT2D eigenvalue weighted by molar-refractivity contribution is 0.0599. The molecule has 33 heavy (non-hydrogen) atoms. The van der Waals surface area contributed by atoms with Gasteiger partial charge in [0.1, 0.15) is 12.4 Å². The molecule has 0 spiro atoms. The number of carbonyl (C=O) groups excluding carboxylic acids is 1. The molecule has 170 valence electrons. The minimum absolute atomic E-state index is 0.0709. The number of carbonyl (C=O) groups is 1. The average molecular weight is 443 g/mol. The molecule has 2 aromatic carbocycles. The van der Waals surface area contributed by atoms with Crippen molar-refractivity contribution in [3.8, 4) is 17.0 Å². The normalized spacial score (nSPS) is 17.7. The van der Waals surface area contributed by atoms with Gasteiger partial charge in [-0.05, 0) is 43.9 Å². The number of hydrogen-bond donors (Lipinski definition) is 0. The fourth-order valence-electron chi connectivity index (χ4n) is 4.81. The first-order valence-electron chi connectivity index (χ1n) is 11.6. The van der Waals surface area contributed by atoms with E-state index in [2.05, 4.69) is 45.1 Å². The molecule has 2 heterocycles. The van der Waals surface area contributed by atoms with Crippen molar-refractivity contribution in [1.82, 2.24) is 19.7 Å². The smallest absolute Gasteiger partial charge is 0.254 e. The van der Waals surface area contributed by atoms with Crippen LogP contribution in [0.2, 0.25) is 0 Å². The van der Waals surface area contributed by atoms with Gasteiger partial charge in [0.15, 0.2) is 0 Å². The van der Waals surface area contributed by atoms with Crippen LogP contribution in [0.15, 0.2) is 66.9 Å². The van der Waals surface area contributed by atoms with Gasteiger partial charge in [-0.15, -0.1) is 0 Å². The largest absolute Gasteiger partial charge is 0.492 e. The van der Waals surface area contributed by atoms with Crippen molar-refractivity contribution < 1.29 is 9.53 Å². The van der Waals surface area contributed by atoms with E-state index >= 15 is 0 Å². The number of aromatic nitrogens is 1. The topological polar surface area (TPSA) is 48.9 Å². The van der Waals surface area contributed by atoms with Gasteiger partial charge in [0, 0.05) is 55.6 Å². The van der Waals surface area contributed by atoms with Crippen LogP contribution in [0.3, 0.4) is 0 Å². The van der Waals surface area contributed by atoms with Crippen molar-refractivity contribution in [1.29, 1.82) is 0 Å². The van der Waals surface area contributed by atoms with Crippen molar-refractivity contribution in [2.45, 2.75) is 6.04 Å². The molecular weight excluding hydrogens is 412 g/mol. The first kappa shape index (κ1) is 21.6. The number of nitrogens with zero attached hydrogens (tertiary/aromatic N) is 4. The number of piperazine rings is 1. The van der Waals surface area contributed by atoms with Gasteiger partial charge in [-0.1, -0.05) is 36.4 Å². The van der Waals surface area contributed by atoms with Crippen molar-refractivity contribution in [3.63, 3.8) is 0 Å². The van der Waals surface area contributed by atoms with Gasteiger partial charge in [-0.2, -0.15) is 0 Å². The Kier molecular flexibility index (Phi) is 6.11. The monoisotopic (exact) mass is 442 g/mol. The minimum atomic E-state index is 0.0709. The van der Waals surface area contributed by atoms with Crippen LogP contribution in [0.25, 0.3) is 11.3 Å². The number of fused-ring (bicyclic) bond motifs is 3. The minimum Gasteiger partial charge on any atom is -0.492 e. The Hall–Kier alpha value is -3.22. The summed E-state index contributed by atoms with van der Waals surface area (Å²) in [5, 5.41) is 0. The van der Waals surface area contributed by atoms with E-state index < -0.39 is 0 Å². The summed E-state index contributed by atoms with van der Waals surface area (Å²) in [6.45, 7) is 4.51. The molecule has 6 heteroatoms. The quantitative estimate of drug-likeness (QED) is 0.584. The molecule has 6 nitrogen and oxygen atoms in total. The lowest BCUT2D eigenvalue weighted by Gasteiger charge is -2.38. The highest BCUT2D eigenvalue weighted by atomic mass is 16.5. The van der Waals surface area contributed by atoms with Crippen molar-refractivity contribution >= 4 is 5.91 Å². The highest BCUT2D eigenvalue weighted by molar-refractivity contribution is 5.94. The SMILES string of the molecule is CN(C)CCOc1cccc(C(=O)N2CCN(C3c4ccccc4-c4ncccc43)CC2)c1. The van der Waals surface area contributed by atoms with E-state index in [1.54, 1.807) is 0 Å². The van der Waals surface area contributed by atoms with E-state index in [9.17, 15) is 4.79 Å². The van der Waals surface area contributed by atoms with Crippen LogP contribution in [0, 0.1) is 0 Å². The number of ether oxygens (including phenoxy) is 1. The van der Waals surface area contributed by atoms with E-state index in [1.807, 2.05) is 55.5 Å². The third kappa shape index (κ3) is 4.36. The molecule has 1 amide bonds. The Labute approximate surface area is 195 Å². The second-order valence-corrected chi connectivity index (χ2v) is 8.94. The zero-order valence-electron chi connectivity index (χ0n) is 19.3. The molecule has 1 atom stereocenters. The average Bonchev–Trinajstić information content (AvgIpc) is 3.18. The van der Waals surface area contributed by atoms with Gasteiger partial charge in [-0.3, -0.25) is 14.7 Å². The second kappa shape index (κ2) is 9.33. The van der Waals surface area contributed by atoms with E-state index in [-0.39, 0.29) is 11.9 Å². The zero-order valence-corrected chi connectivity index (χ0v) is 19.3. The molecular formula is C27H30N4O2. The Morgan fingerprint density at radius 2 is 1.79 bits per heavy atom. The summed E-state index contributed by atoms with van der Waals surface area (Å²) in [6.07, 6.45) is 1.87. The molecule has 0 N–H and O–H groups in total. The van der Waals surface area contributed by atoms with Gasteiger partial charge in [0.25, 0.3) is 5.91 Å². The summed E-state index contributed by atoms with van der Waals surface area (Å²) in [5.74, 6) is 0.814. The molecule has 1 fully saturated rings. The Bertz CT molecular complexity index is 1090. The number of likely N-dealkylation sites (N-methyl/N-ethyl adjacent to an activating group) is 1. The van der Waals surface area contributed by atoms with E-state index in [0.717, 1.165) is 31.1 Å². The summed E-state index contributed by atoms with van der Waals surface area (Å²) < 4.78 is 5.82. The third-order valence-electron chi connectivity index (χ3n) is 6.50. The predicted molar refractivity (Wildman–Crippen MR) is 129 cm³/mol. The lowest BCUT2D eigenvalue weighted by Crippen LogP contribution is -2.49. The lowest BCUT2D eigenvalue weighted by atomic mass is 10.0. The van der Waals surface area contributed by atoms with Crippen LogP contribution in [0.5, 0.6) is 5.75 Å². The maximum absolute atomic E-state index is 13.2. The maximum Gasteiger partial charge on any atom is 0.254 e. The van der Waals surface area contributed by atoms with Crippen LogP contribution >= 0.6 is 0 Å². The zero-order chi connectivity index (χ0) is 22.8. The van der Waals surface area contributed by atoms with Crippen LogP contribution in [0.4, 0.5) is 0 Å². The molecule has 0 saturated carbocycles. The molecule has 5 rings (SSSR count). The maximum atomic E-state index is 13.2. The van der Waals surface area contributed by atoms with Crippen molar-refractivity contribution in [2.24, 2.45) is 0 Å². The Morgan fingerprint density at radius 1 is 1.00 bits per heavy atom. The fourth-order valence-corrected chi connectivity index (χ4v) is 4.81. The standard InChI is InChI=1S/C27H30N4O2/c1-29(2)17-18-33-21-8-5-7-20(19-21)27(32)31-15-13-30(14-16-31)26-23-10-4-3-9-22(23)25-24(26)11-6-12-28-25/h3-12,19,26H,13-18H2,1-2H3. The Morgan fingerprint density at radius 3 is 2.61 bits per heavy atom. The number of benzene rings is 2. The third-order valence-corrected chi connectivity index (χ3v) is 6.50. The molecule has 1 aliphatic heterocycles. The number of hydrogen-bond acceptors (Lipinski definition) is 5. The van der Waals surface area contributed by atoms with Gasteiger partial charge in [0.2, 0.25) is 0 Å². The summed E-state index contributed by atoms with van der Waals surface area (Å²) in [7, 11) is 4.03.